The molecular formula is C8H7N3OS. The van der Waals surface area contributed by atoms with Crippen LogP contribution in [0.3, 0.4) is 0 Å². The number of carbonyl (C=O) groups is 1. The van der Waals surface area contributed by atoms with Crippen LogP contribution < -0.4 is 5.32 Å². The minimum absolute atomic E-state index is 0.551. The van der Waals surface area contributed by atoms with Crippen LogP contribution in [-0.2, 0) is 4.79 Å². The fraction of sp³-hybridized carbons (Fsp3) is 0. The maximum Gasteiger partial charge on any atom is 0.211 e. The molecule has 4 nitrogen and oxygen atoms in total. The molecule has 0 aliphatic rings. The number of amides is 1. The van der Waals surface area contributed by atoms with Crippen molar-refractivity contribution in [2.45, 2.75) is 0 Å². The van der Waals surface area contributed by atoms with Crippen molar-refractivity contribution in [3.8, 4) is 0 Å². The zero-order valence-electron chi connectivity index (χ0n) is 6.63. The summed E-state index contributed by atoms with van der Waals surface area (Å²) in [4.78, 5) is 16.2. The number of benzene rings is 1. The van der Waals surface area contributed by atoms with Crippen LogP contribution in [0.5, 0.6) is 0 Å². The van der Waals surface area contributed by atoms with Gasteiger partial charge >= 0.3 is 0 Å². The van der Waals surface area contributed by atoms with Crippen molar-refractivity contribution in [2.75, 3.05) is 5.32 Å². The van der Waals surface area contributed by atoms with Crippen molar-refractivity contribution >= 4 is 35.3 Å². The highest BCUT2D eigenvalue weighted by Crippen LogP contribution is 2.19. The lowest BCUT2D eigenvalue weighted by molar-refractivity contribution is -0.105. The van der Waals surface area contributed by atoms with Gasteiger partial charge in [0.2, 0.25) is 6.41 Å². The number of H-pyrrole nitrogens is 2. The van der Waals surface area contributed by atoms with E-state index >= 15 is 0 Å². The summed E-state index contributed by atoms with van der Waals surface area (Å²) in [6, 6.07) is 5.53. The normalized spacial score (nSPS) is 10.2. The Morgan fingerprint density at radius 3 is 3.00 bits per heavy atom. The van der Waals surface area contributed by atoms with E-state index in [0.29, 0.717) is 11.2 Å². The lowest BCUT2D eigenvalue weighted by atomic mass is 10.3. The van der Waals surface area contributed by atoms with Gasteiger partial charge in [-0.2, -0.15) is 0 Å². The summed E-state index contributed by atoms with van der Waals surface area (Å²) in [6.07, 6.45) is 0.638. The summed E-state index contributed by atoms with van der Waals surface area (Å²) in [6.45, 7) is 0. The lowest BCUT2D eigenvalue weighted by Crippen LogP contribution is -1.93. The standard InChI is InChI=1S/C8H7N3OS/c12-4-9-5-2-1-3-6-7(5)11-8(13)10-6/h1-4H,(H,9,12)(H2,10,11,13). The van der Waals surface area contributed by atoms with E-state index in [-0.39, 0.29) is 0 Å². The van der Waals surface area contributed by atoms with E-state index in [0.717, 1.165) is 16.7 Å². The summed E-state index contributed by atoms with van der Waals surface area (Å²) in [5, 5.41) is 2.59. The number of aromatic amines is 2. The topological polar surface area (TPSA) is 60.7 Å². The molecule has 13 heavy (non-hydrogen) atoms. The molecule has 1 aromatic carbocycles. The highest BCUT2D eigenvalue weighted by atomic mass is 32.1. The maximum absolute atomic E-state index is 10.3. The molecule has 2 aromatic rings. The Bertz CT molecular complexity index is 499. The fourth-order valence-electron chi connectivity index (χ4n) is 1.24. The highest BCUT2D eigenvalue weighted by molar-refractivity contribution is 7.71. The van der Waals surface area contributed by atoms with E-state index in [9.17, 15) is 4.79 Å². The number of hydrogen-bond acceptors (Lipinski definition) is 2. The Morgan fingerprint density at radius 1 is 1.38 bits per heavy atom. The van der Waals surface area contributed by atoms with Gasteiger partial charge in [-0.25, -0.2) is 0 Å². The van der Waals surface area contributed by atoms with E-state index in [2.05, 4.69) is 15.3 Å². The van der Waals surface area contributed by atoms with Crippen LogP contribution >= 0.6 is 12.2 Å². The van der Waals surface area contributed by atoms with Crippen molar-refractivity contribution in [1.29, 1.82) is 0 Å². The number of carbonyl (C=O) groups excluding carboxylic acids is 1. The molecule has 0 aliphatic heterocycles. The number of imidazole rings is 1. The molecule has 0 saturated heterocycles. The average molecular weight is 193 g/mol. The molecule has 0 aliphatic carbocycles. The molecule has 0 bridgehead atoms. The second-order valence-electron chi connectivity index (χ2n) is 2.57. The van der Waals surface area contributed by atoms with Crippen LogP contribution in [-0.4, -0.2) is 16.4 Å². The van der Waals surface area contributed by atoms with E-state index in [1.165, 1.54) is 0 Å². The molecule has 2 rings (SSSR count). The molecule has 5 heteroatoms. The Morgan fingerprint density at radius 2 is 2.23 bits per heavy atom. The minimum atomic E-state index is 0.551. The Labute approximate surface area is 79.0 Å². The van der Waals surface area contributed by atoms with Crippen LogP contribution in [0.15, 0.2) is 18.2 Å². The first-order chi connectivity index (χ1) is 6.31. The Balaban J connectivity index is 2.74. The molecule has 1 amide bonds. The van der Waals surface area contributed by atoms with Crippen molar-refractivity contribution in [2.24, 2.45) is 0 Å². The number of fused-ring (bicyclic) bond motifs is 1. The summed E-state index contributed by atoms with van der Waals surface area (Å²) in [5.41, 5.74) is 2.43. The van der Waals surface area contributed by atoms with Crippen LogP contribution in [0, 0.1) is 4.77 Å². The molecule has 3 N–H and O–H groups in total. The number of hydrogen-bond donors (Lipinski definition) is 3. The number of aromatic nitrogens is 2. The second kappa shape index (κ2) is 3.02. The lowest BCUT2D eigenvalue weighted by Gasteiger charge is -1.98. The molecule has 1 heterocycles. The third kappa shape index (κ3) is 1.33. The smallest absolute Gasteiger partial charge is 0.211 e. The highest BCUT2D eigenvalue weighted by Gasteiger charge is 2.00. The molecule has 0 saturated carbocycles. The van der Waals surface area contributed by atoms with Gasteiger partial charge in [-0.1, -0.05) is 6.07 Å². The largest absolute Gasteiger partial charge is 0.331 e. The number of rotatable bonds is 2. The van der Waals surface area contributed by atoms with Crippen molar-refractivity contribution in [3.05, 3.63) is 23.0 Å². The van der Waals surface area contributed by atoms with E-state index in [1.807, 2.05) is 12.1 Å². The van der Waals surface area contributed by atoms with Crippen LogP contribution in [0.1, 0.15) is 0 Å². The van der Waals surface area contributed by atoms with Gasteiger partial charge in [0.1, 0.15) is 0 Å². The zero-order valence-corrected chi connectivity index (χ0v) is 7.44. The first kappa shape index (κ1) is 8.00. The first-order valence-electron chi connectivity index (χ1n) is 3.72. The number of nitrogens with one attached hydrogen (secondary N) is 3. The predicted octanol–water partition coefficient (Wildman–Crippen LogP) is 1.79. The summed E-state index contributed by atoms with van der Waals surface area (Å²) >= 11 is 4.93. The summed E-state index contributed by atoms with van der Waals surface area (Å²) in [7, 11) is 0. The van der Waals surface area contributed by atoms with E-state index in [1.54, 1.807) is 6.07 Å². The third-order valence-electron chi connectivity index (χ3n) is 1.77. The third-order valence-corrected chi connectivity index (χ3v) is 1.97. The van der Waals surface area contributed by atoms with Crippen molar-refractivity contribution < 1.29 is 4.79 Å². The fourth-order valence-corrected chi connectivity index (χ4v) is 1.45. The maximum atomic E-state index is 10.3. The van der Waals surface area contributed by atoms with Gasteiger partial charge in [-0.15, -0.1) is 0 Å². The van der Waals surface area contributed by atoms with Crippen LogP contribution in [0.2, 0.25) is 0 Å². The molecule has 0 atom stereocenters. The molecule has 1 aromatic heterocycles. The average Bonchev–Trinajstić information content (AvgIpc) is 2.47. The number of anilines is 1. The minimum Gasteiger partial charge on any atom is -0.331 e. The quantitative estimate of drug-likeness (QED) is 0.503. The van der Waals surface area contributed by atoms with Gasteiger partial charge in [0.25, 0.3) is 0 Å². The van der Waals surface area contributed by atoms with Crippen molar-refractivity contribution in [1.82, 2.24) is 9.97 Å². The van der Waals surface area contributed by atoms with Gasteiger partial charge in [0.05, 0.1) is 16.7 Å². The second-order valence-corrected chi connectivity index (χ2v) is 2.98. The predicted molar refractivity (Wildman–Crippen MR) is 53.2 cm³/mol. The Kier molecular flexibility index (Phi) is 1.86. The molecule has 0 unspecified atom stereocenters. The van der Waals surface area contributed by atoms with Gasteiger partial charge in [0, 0.05) is 0 Å². The zero-order chi connectivity index (χ0) is 9.26. The molecule has 0 radical (unpaired) electrons. The first-order valence-corrected chi connectivity index (χ1v) is 4.13. The molecule has 66 valence electrons. The van der Waals surface area contributed by atoms with Gasteiger partial charge in [-0.3, -0.25) is 4.79 Å². The van der Waals surface area contributed by atoms with Crippen LogP contribution in [0.25, 0.3) is 11.0 Å². The van der Waals surface area contributed by atoms with E-state index in [4.69, 9.17) is 12.2 Å². The van der Waals surface area contributed by atoms with Gasteiger partial charge < -0.3 is 15.3 Å². The van der Waals surface area contributed by atoms with E-state index < -0.39 is 0 Å². The molecule has 0 spiro atoms. The molecule has 0 fully saturated rings. The monoisotopic (exact) mass is 193 g/mol. The van der Waals surface area contributed by atoms with Gasteiger partial charge in [-0.05, 0) is 24.4 Å². The summed E-state index contributed by atoms with van der Waals surface area (Å²) < 4.78 is 0.551. The van der Waals surface area contributed by atoms with Crippen LogP contribution in [0.4, 0.5) is 5.69 Å². The SMILES string of the molecule is O=CNc1cccc2[nH]c(=S)[nH]c12. The number of para-hydroxylation sites is 1. The molecular weight excluding hydrogens is 186 g/mol. The van der Waals surface area contributed by atoms with Crippen molar-refractivity contribution in [3.63, 3.8) is 0 Å². The van der Waals surface area contributed by atoms with Gasteiger partial charge in [0.15, 0.2) is 4.77 Å². The summed E-state index contributed by atoms with van der Waals surface area (Å²) in [5.74, 6) is 0. The Hall–Kier alpha value is -1.62.